The molecule has 2 heterocycles. The van der Waals surface area contributed by atoms with Gasteiger partial charge in [0.05, 0.1) is 24.5 Å². The van der Waals surface area contributed by atoms with Crippen LogP contribution in [0.1, 0.15) is 61.2 Å². The average molecular weight is 343 g/mol. The molecule has 0 aromatic carbocycles. The second kappa shape index (κ2) is 7.61. The van der Waals surface area contributed by atoms with Crippen LogP contribution in [0.5, 0.6) is 5.75 Å². The molecular formula is C19H25N3O3. The molecule has 2 rings (SSSR count). The van der Waals surface area contributed by atoms with E-state index >= 15 is 0 Å². The van der Waals surface area contributed by atoms with Crippen molar-refractivity contribution in [2.75, 3.05) is 0 Å². The van der Waals surface area contributed by atoms with Crippen LogP contribution >= 0.6 is 0 Å². The van der Waals surface area contributed by atoms with Crippen molar-refractivity contribution in [2.24, 2.45) is 0 Å². The number of nitrogens with zero attached hydrogens (tertiary/aromatic N) is 2. The van der Waals surface area contributed by atoms with Gasteiger partial charge in [0.25, 0.3) is 5.91 Å². The first-order valence-electron chi connectivity index (χ1n) is 8.23. The molecule has 1 amide bonds. The average Bonchev–Trinajstić information content (AvgIpc) is 2.51. The summed E-state index contributed by atoms with van der Waals surface area (Å²) in [6.07, 6.45) is 0.981. The highest BCUT2D eigenvalue weighted by Crippen LogP contribution is 2.17. The van der Waals surface area contributed by atoms with Gasteiger partial charge in [-0.1, -0.05) is 6.07 Å². The molecule has 134 valence electrons. The third-order valence-corrected chi connectivity index (χ3v) is 3.46. The van der Waals surface area contributed by atoms with E-state index in [4.69, 9.17) is 4.74 Å². The number of aromatic nitrogens is 2. The minimum atomic E-state index is -0.561. The van der Waals surface area contributed by atoms with Crippen LogP contribution in [-0.2, 0) is 6.54 Å². The Balaban J connectivity index is 1.97. The maximum Gasteiger partial charge on any atom is 0.270 e. The molecule has 6 heteroatoms. The molecule has 0 spiro atoms. The van der Waals surface area contributed by atoms with Crippen molar-refractivity contribution in [3.8, 4) is 5.75 Å². The molecule has 0 aliphatic carbocycles. The highest BCUT2D eigenvalue weighted by atomic mass is 16.5. The molecule has 2 N–H and O–H groups in total. The van der Waals surface area contributed by atoms with Crippen molar-refractivity contribution >= 4 is 5.91 Å². The summed E-state index contributed by atoms with van der Waals surface area (Å²) in [4.78, 5) is 20.7. The Morgan fingerprint density at radius 3 is 2.52 bits per heavy atom. The van der Waals surface area contributed by atoms with Crippen molar-refractivity contribution < 1.29 is 14.6 Å². The number of amides is 1. The number of aliphatic hydroxyl groups is 1. The van der Waals surface area contributed by atoms with E-state index < -0.39 is 6.10 Å². The molecule has 0 aliphatic heterocycles. The lowest BCUT2D eigenvalue weighted by molar-refractivity contribution is 0.0945. The molecule has 0 unspecified atom stereocenters. The first-order chi connectivity index (χ1) is 11.7. The maximum absolute atomic E-state index is 12.2. The normalized spacial score (nSPS) is 12.6. The van der Waals surface area contributed by atoms with E-state index in [1.807, 2.05) is 33.8 Å². The zero-order valence-corrected chi connectivity index (χ0v) is 15.3. The van der Waals surface area contributed by atoms with Crippen molar-refractivity contribution in [3.05, 3.63) is 53.1 Å². The van der Waals surface area contributed by atoms with Gasteiger partial charge >= 0.3 is 0 Å². The van der Waals surface area contributed by atoms with Gasteiger partial charge in [0.2, 0.25) is 0 Å². The largest absolute Gasteiger partial charge is 0.487 e. The Morgan fingerprint density at radius 1 is 1.28 bits per heavy atom. The Labute approximate surface area is 148 Å². The quantitative estimate of drug-likeness (QED) is 0.872. The molecule has 2 aromatic rings. The second-order valence-electron chi connectivity index (χ2n) is 6.93. The van der Waals surface area contributed by atoms with Crippen molar-refractivity contribution in [1.82, 2.24) is 15.3 Å². The summed E-state index contributed by atoms with van der Waals surface area (Å²) in [5.74, 6) is 0.344. The van der Waals surface area contributed by atoms with Gasteiger partial charge in [-0.2, -0.15) is 0 Å². The lowest BCUT2D eigenvalue weighted by atomic mass is 10.1. The van der Waals surface area contributed by atoms with Crippen LogP contribution in [0.4, 0.5) is 0 Å². The van der Waals surface area contributed by atoms with Crippen LogP contribution < -0.4 is 10.1 Å². The number of nitrogens with one attached hydrogen (secondary N) is 1. The van der Waals surface area contributed by atoms with E-state index in [2.05, 4.69) is 15.3 Å². The third-order valence-electron chi connectivity index (χ3n) is 3.46. The Bertz CT molecular complexity index is 735. The molecule has 25 heavy (non-hydrogen) atoms. The first kappa shape index (κ1) is 18.9. The van der Waals surface area contributed by atoms with Crippen molar-refractivity contribution in [3.63, 3.8) is 0 Å². The van der Waals surface area contributed by atoms with Crippen LogP contribution in [0.3, 0.4) is 0 Å². The Hall–Kier alpha value is -2.47. The fourth-order valence-electron chi connectivity index (χ4n) is 2.35. The number of aryl methyl sites for hydroxylation is 1. The fourth-order valence-corrected chi connectivity index (χ4v) is 2.35. The lowest BCUT2D eigenvalue weighted by Gasteiger charge is -2.20. The standard InChI is InChI=1S/C19H25N3O3/c1-12-16(13(2)23)8-6-14(22-12)10-21-18(24)17-9-7-15(11-20-17)25-19(3,4)5/h6-9,11,13,23H,10H2,1-5H3,(H,21,24)/t13-/m0/s1. The van der Waals surface area contributed by atoms with E-state index in [0.717, 1.165) is 17.0 Å². The molecule has 2 aromatic heterocycles. The third kappa shape index (κ3) is 5.53. The number of carbonyl (C=O) groups excluding carboxylic acids is 1. The van der Waals surface area contributed by atoms with Gasteiger partial charge in [0.15, 0.2) is 0 Å². The molecule has 6 nitrogen and oxygen atoms in total. The first-order valence-corrected chi connectivity index (χ1v) is 8.23. The number of carbonyl (C=O) groups is 1. The Kier molecular flexibility index (Phi) is 5.74. The smallest absolute Gasteiger partial charge is 0.270 e. The van der Waals surface area contributed by atoms with Crippen molar-refractivity contribution in [1.29, 1.82) is 0 Å². The topological polar surface area (TPSA) is 84.3 Å². The van der Waals surface area contributed by atoms with Crippen LogP contribution in [-0.4, -0.2) is 26.6 Å². The summed E-state index contributed by atoms with van der Waals surface area (Å²) < 4.78 is 5.68. The fraction of sp³-hybridized carbons (Fsp3) is 0.421. The highest BCUT2D eigenvalue weighted by Gasteiger charge is 2.13. The number of hydrogen-bond donors (Lipinski definition) is 2. The minimum absolute atomic E-state index is 0.277. The van der Waals surface area contributed by atoms with Crippen molar-refractivity contribution in [2.45, 2.75) is 52.9 Å². The number of rotatable bonds is 5. The summed E-state index contributed by atoms with van der Waals surface area (Å²) in [5, 5.41) is 12.4. The predicted octanol–water partition coefficient (Wildman–Crippen LogP) is 2.95. The van der Waals surface area contributed by atoms with Gasteiger partial charge < -0.3 is 15.2 Å². The molecule has 1 atom stereocenters. The molecule has 0 saturated heterocycles. The number of pyridine rings is 2. The summed E-state index contributed by atoms with van der Waals surface area (Å²) >= 11 is 0. The van der Waals surface area contributed by atoms with E-state index in [0.29, 0.717) is 18.0 Å². The van der Waals surface area contributed by atoms with Gasteiger partial charge in [-0.3, -0.25) is 9.78 Å². The second-order valence-corrected chi connectivity index (χ2v) is 6.93. The summed E-state index contributed by atoms with van der Waals surface area (Å²) in [6.45, 7) is 9.68. The Morgan fingerprint density at radius 2 is 2.00 bits per heavy atom. The molecule has 0 bridgehead atoms. The monoisotopic (exact) mass is 343 g/mol. The van der Waals surface area contributed by atoms with Crippen LogP contribution in [0.25, 0.3) is 0 Å². The maximum atomic E-state index is 12.2. The zero-order valence-electron chi connectivity index (χ0n) is 15.3. The lowest BCUT2D eigenvalue weighted by Crippen LogP contribution is -2.25. The van der Waals surface area contributed by atoms with Gasteiger partial charge in [0, 0.05) is 11.3 Å². The summed E-state index contributed by atoms with van der Waals surface area (Å²) in [7, 11) is 0. The molecule has 0 saturated carbocycles. The van der Waals surface area contributed by atoms with E-state index in [9.17, 15) is 9.90 Å². The number of ether oxygens (including phenoxy) is 1. The van der Waals surface area contributed by atoms with E-state index in [-0.39, 0.29) is 11.5 Å². The molecule has 0 aliphatic rings. The van der Waals surface area contributed by atoms with Crippen LogP contribution in [0, 0.1) is 6.92 Å². The SMILES string of the molecule is Cc1nc(CNC(=O)c2ccc(OC(C)(C)C)cn2)ccc1[C@H](C)O. The molecule has 0 radical (unpaired) electrons. The van der Waals surface area contributed by atoms with E-state index in [1.54, 1.807) is 31.3 Å². The molecular weight excluding hydrogens is 318 g/mol. The van der Waals surface area contributed by atoms with Gasteiger partial charge in [-0.25, -0.2) is 4.98 Å². The molecule has 0 fully saturated rings. The number of aliphatic hydroxyl groups excluding tert-OH is 1. The predicted molar refractivity (Wildman–Crippen MR) is 95.4 cm³/mol. The zero-order chi connectivity index (χ0) is 18.6. The van der Waals surface area contributed by atoms with Gasteiger partial charge in [0.1, 0.15) is 17.0 Å². The summed E-state index contributed by atoms with van der Waals surface area (Å²) in [5.41, 5.74) is 2.27. The van der Waals surface area contributed by atoms with E-state index in [1.165, 1.54) is 0 Å². The van der Waals surface area contributed by atoms with Crippen LogP contribution in [0.15, 0.2) is 30.5 Å². The number of hydrogen-bond acceptors (Lipinski definition) is 5. The van der Waals surface area contributed by atoms with Crippen LogP contribution in [0.2, 0.25) is 0 Å². The van der Waals surface area contributed by atoms with Gasteiger partial charge in [-0.05, 0) is 52.8 Å². The summed E-state index contributed by atoms with van der Waals surface area (Å²) in [6, 6.07) is 6.98. The van der Waals surface area contributed by atoms with Gasteiger partial charge in [-0.15, -0.1) is 0 Å². The minimum Gasteiger partial charge on any atom is -0.487 e. The highest BCUT2D eigenvalue weighted by molar-refractivity contribution is 5.92.